The van der Waals surface area contributed by atoms with Gasteiger partial charge >= 0.3 is 0 Å². The first kappa shape index (κ1) is 19.4. The minimum Gasteiger partial charge on any atom is -0.267 e. The second kappa shape index (κ2) is 7.96. The van der Waals surface area contributed by atoms with Gasteiger partial charge in [-0.3, -0.25) is 35.2 Å². The Bertz CT molecular complexity index is 862. The summed E-state index contributed by atoms with van der Waals surface area (Å²) in [5.74, 6) is -1.03. The molecule has 2 N–H and O–H groups in total. The van der Waals surface area contributed by atoms with Crippen LogP contribution in [0.2, 0.25) is 5.15 Å². The molecule has 0 bridgehead atoms. The van der Waals surface area contributed by atoms with E-state index in [0.29, 0.717) is 12.2 Å². The molecule has 1 heterocycles. The Kier molecular flexibility index (Phi) is 5.93. The first-order chi connectivity index (χ1) is 12.2. The van der Waals surface area contributed by atoms with Crippen LogP contribution in [0.3, 0.4) is 0 Å². The predicted molar refractivity (Wildman–Crippen MR) is 94.8 cm³/mol. The van der Waals surface area contributed by atoms with Crippen LogP contribution in [0.25, 0.3) is 0 Å². The smallest absolute Gasteiger partial charge is 0.267 e. The number of hydrogen-bond donors (Lipinski definition) is 2. The van der Waals surface area contributed by atoms with Crippen molar-refractivity contribution in [3.63, 3.8) is 0 Å². The maximum Gasteiger partial charge on any atom is 0.274 e. The van der Waals surface area contributed by atoms with E-state index in [4.69, 9.17) is 11.6 Å². The van der Waals surface area contributed by atoms with Crippen molar-refractivity contribution >= 4 is 29.1 Å². The number of nitrogens with zero attached hydrogens (tertiary/aromatic N) is 3. The largest absolute Gasteiger partial charge is 0.274 e. The summed E-state index contributed by atoms with van der Waals surface area (Å²) in [6.07, 6.45) is 0. The number of aromatic nitrogens is 2. The van der Waals surface area contributed by atoms with E-state index in [1.807, 2.05) is 13.8 Å². The summed E-state index contributed by atoms with van der Waals surface area (Å²) >= 11 is 6.21. The van der Waals surface area contributed by atoms with Crippen LogP contribution in [0.5, 0.6) is 0 Å². The van der Waals surface area contributed by atoms with Crippen LogP contribution in [0, 0.1) is 23.0 Å². The molecule has 1 aromatic heterocycles. The number of non-ortho nitro benzene ring substituents is 1. The molecule has 2 aromatic rings. The highest BCUT2D eigenvalue weighted by molar-refractivity contribution is 6.33. The van der Waals surface area contributed by atoms with E-state index in [2.05, 4.69) is 16.0 Å². The number of carbonyl (C=O) groups excluding carboxylic acids is 2. The van der Waals surface area contributed by atoms with Crippen LogP contribution in [-0.2, 0) is 6.54 Å². The van der Waals surface area contributed by atoms with Gasteiger partial charge in [0.05, 0.1) is 10.6 Å². The van der Waals surface area contributed by atoms with Crippen molar-refractivity contribution in [2.75, 3.05) is 0 Å². The SMILES string of the molecule is Cc1nn(CC(C)C)c(Cl)c1C(=O)NNC(=O)c1cccc([N+](=O)[O-])c1. The first-order valence-corrected chi connectivity index (χ1v) is 8.16. The third kappa shape index (κ3) is 4.37. The minimum atomic E-state index is -0.689. The zero-order valence-electron chi connectivity index (χ0n) is 14.4. The van der Waals surface area contributed by atoms with Gasteiger partial charge < -0.3 is 0 Å². The number of rotatable bonds is 5. The van der Waals surface area contributed by atoms with Crippen LogP contribution in [0.15, 0.2) is 24.3 Å². The Hall–Kier alpha value is -2.94. The van der Waals surface area contributed by atoms with Gasteiger partial charge in [-0.2, -0.15) is 5.10 Å². The molecule has 2 amide bonds. The Morgan fingerprint density at radius 3 is 2.58 bits per heavy atom. The summed E-state index contributed by atoms with van der Waals surface area (Å²) in [5.41, 5.74) is 4.86. The molecule has 2 rings (SSSR count). The minimum absolute atomic E-state index is 0.0396. The number of hydrazine groups is 1. The average Bonchev–Trinajstić information content (AvgIpc) is 2.85. The molecular formula is C16H18ClN5O4. The number of amides is 2. The maximum atomic E-state index is 12.3. The number of nitro benzene ring substituents is 1. The number of carbonyl (C=O) groups is 2. The summed E-state index contributed by atoms with van der Waals surface area (Å²) in [6.45, 7) is 6.17. The van der Waals surface area contributed by atoms with Gasteiger partial charge in [-0.05, 0) is 18.9 Å². The molecule has 0 atom stereocenters. The Morgan fingerprint density at radius 2 is 1.96 bits per heavy atom. The van der Waals surface area contributed by atoms with Gasteiger partial charge in [-0.1, -0.05) is 31.5 Å². The Labute approximate surface area is 154 Å². The van der Waals surface area contributed by atoms with E-state index in [0.717, 1.165) is 6.07 Å². The maximum absolute atomic E-state index is 12.3. The molecule has 0 fully saturated rings. The highest BCUT2D eigenvalue weighted by Gasteiger charge is 2.21. The molecule has 0 aliphatic rings. The molecule has 26 heavy (non-hydrogen) atoms. The third-order valence-electron chi connectivity index (χ3n) is 3.44. The van der Waals surface area contributed by atoms with Gasteiger partial charge in [0.2, 0.25) is 0 Å². The number of nitrogens with one attached hydrogen (secondary N) is 2. The van der Waals surface area contributed by atoms with Crippen molar-refractivity contribution in [3.8, 4) is 0 Å². The number of benzene rings is 1. The standard InChI is InChI=1S/C16H18ClN5O4/c1-9(2)8-21-14(17)13(10(3)20-21)16(24)19-18-15(23)11-5-4-6-12(7-11)22(25)26/h4-7,9H,8H2,1-3H3,(H,18,23)(H,19,24). The lowest BCUT2D eigenvalue weighted by Gasteiger charge is -2.08. The molecule has 0 unspecified atom stereocenters. The molecule has 9 nitrogen and oxygen atoms in total. The van der Waals surface area contributed by atoms with Crippen LogP contribution in [-0.4, -0.2) is 26.5 Å². The second-order valence-electron chi connectivity index (χ2n) is 6.04. The molecule has 0 saturated carbocycles. The van der Waals surface area contributed by atoms with Gasteiger partial charge in [0.15, 0.2) is 0 Å². The van der Waals surface area contributed by atoms with Crippen molar-refractivity contribution in [1.29, 1.82) is 0 Å². The van der Waals surface area contributed by atoms with E-state index in [1.54, 1.807) is 6.92 Å². The van der Waals surface area contributed by atoms with E-state index in [9.17, 15) is 19.7 Å². The quantitative estimate of drug-likeness (QED) is 0.611. The highest BCUT2D eigenvalue weighted by Crippen LogP contribution is 2.20. The van der Waals surface area contributed by atoms with E-state index in [-0.39, 0.29) is 27.9 Å². The van der Waals surface area contributed by atoms with Crippen molar-refractivity contribution in [1.82, 2.24) is 20.6 Å². The molecule has 0 aliphatic heterocycles. The zero-order valence-corrected chi connectivity index (χ0v) is 15.2. The van der Waals surface area contributed by atoms with Crippen molar-refractivity contribution in [2.24, 2.45) is 5.92 Å². The molecule has 0 radical (unpaired) electrons. The van der Waals surface area contributed by atoms with E-state index in [1.165, 1.54) is 22.9 Å². The number of aryl methyl sites for hydroxylation is 1. The molecule has 10 heteroatoms. The average molecular weight is 380 g/mol. The second-order valence-corrected chi connectivity index (χ2v) is 6.40. The van der Waals surface area contributed by atoms with Crippen LogP contribution < -0.4 is 10.9 Å². The summed E-state index contributed by atoms with van der Waals surface area (Å²) in [5, 5.41) is 15.2. The highest BCUT2D eigenvalue weighted by atomic mass is 35.5. The fraction of sp³-hybridized carbons (Fsp3) is 0.312. The van der Waals surface area contributed by atoms with Gasteiger partial charge in [0.1, 0.15) is 10.7 Å². The van der Waals surface area contributed by atoms with Gasteiger partial charge in [0.25, 0.3) is 17.5 Å². The normalized spacial score (nSPS) is 10.7. The number of hydrogen-bond acceptors (Lipinski definition) is 5. The van der Waals surface area contributed by atoms with Crippen molar-refractivity contribution in [3.05, 3.63) is 56.4 Å². The fourth-order valence-corrected chi connectivity index (χ4v) is 2.62. The monoisotopic (exact) mass is 379 g/mol. The predicted octanol–water partition coefficient (Wildman–Crippen LogP) is 2.48. The zero-order chi connectivity index (χ0) is 19.4. The Balaban J connectivity index is 2.09. The molecule has 138 valence electrons. The topological polar surface area (TPSA) is 119 Å². The number of nitro groups is 1. The third-order valence-corrected chi connectivity index (χ3v) is 3.82. The van der Waals surface area contributed by atoms with Crippen molar-refractivity contribution in [2.45, 2.75) is 27.3 Å². The molecule has 0 saturated heterocycles. The Morgan fingerprint density at radius 1 is 1.31 bits per heavy atom. The molecule has 0 aliphatic carbocycles. The summed E-state index contributed by atoms with van der Waals surface area (Å²) in [6, 6.07) is 5.15. The summed E-state index contributed by atoms with van der Waals surface area (Å²) in [7, 11) is 0. The molecular weight excluding hydrogens is 362 g/mol. The van der Waals surface area contributed by atoms with Crippen LogP contribution >= 0.6 is 11.6 Å². The summed E-state index contributed by atoms with van der Waals surface area (Å²) < 4.78 is 1.53. The lowest BCUT2D eigenvalue weighted by Crippen LogP contribution is -2.41. The van der Waals surface area contributed by atoms with E-state index < -0.39 is 16.7 Å². The lowest BCUT2D eigenvalue weighted by atomic mass is 10.2. The summed E-state index contributed by atoms with van der Waals surface area (Å²) in [4.78, 5) is 34.5. The van der Waals surface area contributed by atoms with Gasteiger partial charge in [-0.25, -0.2) is 0 Å². The molecule has 0 spiro atoms. The van der Waals surface area contributed by atoms with Crippen LogP contribution in [0.4, 0.5) is 5.69 Å². The van der Waals surface area contributed by atoms with Gasteiger partial charge in [-0.15, -0.1) is 0 Å². The van der Waals surface area contributed by atoms with E-state index >= 15 is 0 Å². The fourth-order valence-electron chi connectivity index (χ4n) is 2.29. The molecule has 1 aromatic carbocycles. The lowest BCUT2D eigenvalue weighted by molar-refractivity contribution is -0.384. The van der Waals surface area contributed by atoms with Crippen LogP contribution in [0.1, 0.15) is 40.3 Å². The van der Waals surface area contributed by atoms with Gasteiger partial charge in [0, 0.05) is 24.2 Å². The van der Waals surface area contributed by atoms with Crippen molar-refractivity contribution < 1.29 is 14.5 Å². The number of halogens is 1. The first-order valence-electron chi connectivity index (χ1n) is 7.78.